The van der Waals surface area contributed by atoms with Crippen LogP contribution in [-0.2, 0) is 17.6 Å². The van der Waals surface area contributed by atoms with E-state index in [-0.39, 0.29) is 17.4 Å². The highest BCUT2D eigenvalue weighted by atomic mass is 35.5. The minimum atomic E-state index is -0.258. The topological polar surface area (TPSA) is 87.1 Å². The predicted molar refractivity (Wildman–Crippen MR) is 153 cm³/mol. The Labute approximate surface area is 232 Å². The minimum absolute atomic E-state index is 0.00838. The molecule has 0 saturated carbocycles. The Hall–Kier alpha value is -3.20. The van der Waals surface area contributed by atoms with Gasteiger partial charge in [-0.05, 0) is 43.3 Å². The Kier molecular flexibility index (Phi) is 8.55. The summed E-state index contributed by atoms with van der Waals surface area (Å²) in [5.41, 5.74) is 3.15. The molecule has 4 aromatic rings. The van der Waals surface area contributed by atoms with E-state index in [0.717, 1.165) is 17.7 Å². The summed E-state index contributed by atoms with van der Waals surface area (Å²) in [7, 11) is 5.79. The fourth-order valence-electron chi connectivity index (χ4n) is 4.18. The van der Waals surface area contributed by atoms with Gasteiger partial charge in [0.1, 0.15) is 16.9 Å². The van der Waals surface area contributed by atoms with Gasteiger partial charge in [0.15, 0.2) is 5.65 Å². The molecule has 4 rings (SSSR count). The van der Waals surface area contributed by atoms with Gasteiger partial charge in [-0.3, -0.25) is 9.59 Å². The molecule has 0 aliphatic carbocycles. The predicted octanol–water partition coefficient (Wildman–Crippen LogP) is 4.69. The quantitative estimate of drug-likeness (QED) is 0.324. The Balaban J connectivity index is 1.62. The molecule has 1 amide bonds. The molecule has 1 N–H and O–H groups in total. The van der Waals surface area contributed by atoms with Gasteiger partial charge in [0.2, 0.25) is 5.91 Å². The smallest absolute Gasteiger partial charge is 0.262 e. The minimum Gasteiger partial charge on any atom is -0.344 e. The van der Waals surface area contributed by atoms with Crippen molar-refractivity contribution in [2.24, 2.45) is 0 Å². The van der Waals surface area contributed by atoms with E-state index >= 15 is 0 Å². The first-order valence-electron chi connectivity index (χ1n) is 12.5. The number of halogens is 2. The molecule has 0 spiro atoms. The zero-order chi connectivity index (χ0) is 27.6. The van der Waals surface area contributed by atoms with Crippen molar-refractivity contribution in [3.63, 3.8) is 0 Å². The van der Waals surface area contributed by atoms with Gasteiger partial charge in [0.05, 0.1) is 22.2 Å². The van der Waals surface area contributed by atoms with Gasteiger partial charge in [-0.1, -0.05) is 67.4 Å². The van der Waals surface area contributed by atoms with Crippen molar-refractivity contribution in [2.75, 3.05) is 34.2 Å². The Morgan fingerprint density at radius 3 is 2.24 bits per heavy atom. The number of carbonyl (C=O) groups excluding carboxylic acids is 1. The van der Waals surface area contributed by atoms with Crippen molar-refractivity contribution < 1.29 is 4.79 Å². The first-order valence-corrected chi connectivity index (χ1v) is 13.2. The average Bonchev–Trinajstić information content (AvgIpc) is 3.23. The van der Waals surface area contributed by atoms with Gasteiger partial charge in [-0.25, -0.2) is 9.67 Å². The van der Waals surface area contributed by atoms with Gasteiger partial charge in [0.25, 0.3) is 5.56 Å². The van der Waals surface area contributed by atoms with Gasteiger partial charge in [-0.15, -0.1) is 0 Å². The highest BCUT2D eigenvalue weighted by Crippen LogP contribution is 2.32. The van der Waals surface area contributed by atoms with Crippen LogP contribution in [0.25, 0.3) is 16.7 Å². The molecule has 2 aromatic heterocycles. The number of aromatic nitrogens is 4. The van der Waals surface area contributed by atoms with E-state index in [1.54, 1.807) is 27.8 Å². The normalized spacial score (nSPS) is 11.6. The number of carbonyl (C=O) groups is 1. The van der Waals surface area contributed by atoms with Crippen LogP contribution < -0.4 is 5.56 Å². The summed E-state index contributed by atoms with van der Waals surface area (Å²) in [4.78, 5) is 37.2. The van der Waals surface area contributed by atoms with Crippen molar-refractivity contribution in [2.45, 2.75) is 32.6 Å². The third kappa shape index (κ3) is 6.09. The van der Waals surface area contributed by atoms with Crippen LogP contribution in [0.5, 0.6) is 0 Å². The molecule has 0 unspecified atom stereocenters. The summed E-state index contributed by atoms with van der Waals surface area (Å²) in [5, 5.41) is 5.95. The lowest BCUT2D eigenvalue weighted by molar-refractivity contribution is -0.129. The Morgan fingerprint density at radius 1 is 1.00 bits per heavy atom. The first kappa shape index (κ1) is 27.8. The van der Waals surface area contributed by atoms with Crippen molar-refractivity contribution >= 4 is 40.1 Å². The highest BCUT2D eigenvalue weighted by molar-refractivity contribution is 6.37. The number of aromatic amines is 1. The van der Waals surface area contributed by atoms with E-state index in [9.17, 15) is 9.59 Å². The van der Waals surface area contributed by atoms with Gasteiger partial charge < -0.3 is 14.8 Å². The summed E-state index contributed by atoms with van der Waals surface area (Å²) in [6.07, 6.45) is 0.738. The molecule has 8 nitrogen and oxygen atoms in total. The van der Waals surface area contributed by atoms with Crippen molar-refractivity contribution in [3.05, 3.63) is 85.5 Å². The molecule has 200 valence electrons. The number of fused-ring (bicyclic) bond motifs is 1. The fraction of sp³-hybridized carbons (Fsp3) is 0.357. The SMILES string of the molecule is CC(C)c1nn(-c2c(Cl)cccc2Cl)c2nc(Cc3ccc(CC(=O)N(C)CCN(C)C)cc3)[nH]c(=O)c12. The number of amides is 1. The summed E-state index contributed by atoms with van der Waals surface area (Å²) in [6.45, 7) is 5.44. The molecule has 0 fully saturated rings. The van der Waals surface area contributed by atoms with Crippen molar-refractivity contribution in [1.82, 2.24) is 29.5 Å². The zero-order valence-electron chi connectivity index (χ0n) is 22.3. The van der Waals surface area contributed by atoms with Gasteiger partial charge in [0, 0.05) is 26.6 Å². The van der Waals surface area contributed by atoms with Crippen LogP contribution in [-0.4, -0.2) is 69.7 Å². The second-order valence-corrected chi connectivity index (χ2v) is 10.8. The molecule has 0 aliphatic heterocycles. The summed E-state index contributed by atoms with van der Waals surface area (Å²) < 4.78 is 1.57. The van der Waals surface area contributed by atoms with Crippen LogP contribution >= 0.6 is 23.2 Å². The monoisotopic (exact) mass is 554 g/mol. The maximum absolute atomic E-state index is 13.2. The van der Waals surface area contributed by atoms with Crippen LogP contribution in [0.4, 0.5) is 0 Å². The number of hydrogen-bond donors (Lipinski definition) is 1. The van der Waals surface area contributed by atoms with Crippen LogP contribution in [0.3, 0.4) is 0 Å². The molecule has 0 radical (unpaired) electrons. The third-order valence-electron chi connectivity index (χ3n) is 6.37. The van der Waals surface area contributed by atoms with Crippen LogP contribution in [0.1, 0.15) is 42.4 Å². The van der Waals surface area contributed by atoms with Gasteiger partial charge >= 0.3 is 0 Å². The van der Waals surface area contributed by atoms with Crippen molar-refractivity contribution in [1.29, 1.82) is 0 Å². The maximum Gasteiger partial charge on any atom is 0.262 e. The second kappa shape index (κ2) is 11.7. The zero-order valence-corrected chi connectivity index (χ0v) is 23.8. The number of likely N-dealkylation sites (N-methyl/N-ethyl adjacent to an activating group) is 2. The highest BCUT2D eigenvalue weighted by Gasteiger charge is 2.22. The molecule has 38 heavy (non-hydrogen) atoms. The molecule has 0 saturated heterocycles. The largest absolute Gasteiger partial charge is 0.344 e. The number of para-hydroxylation sites is 1. The standard InChI is InChI=1S/C28H32Cl2N6O2/c1-17(2)25-24-27(36(33-25)26-20(29)7-6-8-21(26)30)31-22(32-28(24)38)15-18-9-11-19(12-10-18)16-23(37)35(5)14-13-34(3)4/h6-12,17H,13-16H2,1-5H3,(H,31,32,38). The number of hydrogen-bond acceptors (Lipinski definition) is 5. The maximum atomic E-state index is 13.2. The number of benzene rings is 2. The molecular weight excluding hydrogens is 523 g/mol. The molecule has 0 atom stereocenters. The van der Waals surface area contributed by atoms with Crippen LogP contribution in [0, 0.1) is 0 Å². The lowest BCUT2D eigenvalue weighted by atomic mass is 10.1. The average molecular weight is 556 g/mol. The summed E-state index contributed by atoms with van der Waals surface area (Å²) in [5.74, 6) is 0.559. The van der Waals surface area contributed by atoms with E-state index in [4.69, 9.17) is 33.3 Å². The van der Waals surface area contributed by atoms with E-state index in [1.807, 2.05) is 64.2 Å². The number of nitrogens with one attached hydrogen (secondary N) is 1. The molecule has 0 bridgehead atoms. The first-order chi connectivity index (χ1) is 18.0. The van der Waals surface area contributed by atoms with E-state index in [1.165, 1.54) is 0 Å². The van der Waals surface area contributed by atoms with Crippen LogP contribution in [0.15, 0.2) is 47.3 Å². The van der Waals surface area contributed by atoms with E-state index in [0.29, 0.717) is 57.7 Å². The number of H-pyrrole nitrogens is 1. The third-order valence-corrected chi connectivity index (χ3v) is 6.98. The Morgan fingerprint density at radius 2 is 1.63 bits per heavy atom. The Bertz CT molecular complexity index is 1490. The molecule has 0 aliphatic rings. The molecule has 2 aromatic carbocycles. The second-order valence-electron chi connectivity index (χ2n) is 10.0. The van der Waals surface area contributed by atoms with Crippen molar-refractivity contribution in [3.8, 4) is 5.69 Å². The fourth-order valence-corrected chi connectivity index (χ4v) is 4.74. The lowest BCUT2D eigenvalue weighted by Gasteiger charge is -2.19. The van der Waals surface area contributed by atoms with E-state index in [2.05, 4.69) is 4.98 Å². The molecule has 10 heteroatoms. The number of rotatable bonds is 9. The lowest BCUT2D eigenvalue weighted by Crippen LogP contribution is -2.34. The molecular formula is C28H32Cl2N6O2. The van der Waals surface area contributed by atoms with Crippen LogP contribution in [0.2, 0.25) is 10.0 Å². The summed E-state index contributed by atoms with van der Waals surface area (Å²) in [6, 6.07) is 13.0. The molecule has 2 heterocycles. The summed E-state index contributed by atoms with van der Waals surface area (Å²) >= 11 is 13.0. The van der Waals surface area contributed by atoms with E-state index < -0.39 is 0 Å². The number of nitrogens with zero attached hydrogens (tertiary/aromatic N) is 5. The van der Waals surface area contributed by atoms with Gasteiger partial charge in [-0.2, -0.15) is 5.10 Å².